The van der Waals surface area contributed by atoms with E-state index in [1.807, 2.05) is 0 Å². The van der Waals surface area contributed by atoms with E-state index < -0.39 is 0 Å². The van der Waals surface area contributed by atoms with Crippen molar-refractivity contribution in [3.05, 3.63) is 22.6 Å². The molecule has 0 aliphatic rings. The molecule has 0 saturated carbocycles. The summed E-state index contributed by atoms with van der Waals surface area (Å²) in [6.45, 7) is 2.88. The largest absolute Gasteiger partial charge is 0.0940 e. The van der Waals surface area contributed by atoms with Gasteiger partial charge in [-0.25, -0.2) is 0 Å². The second-order valence-corrected chi connectivity index (χ2v) is 3.77. The van der Waals surface area contributed by atoms with Crippen LogP contribution in [0.4, 0.5) is 0 Å². The molecule has 0 saturated heterocycles. The first kappa shape index (κ1) is 14.1. The van der Waals surface area contributed by atoms with E-state index in [0.29, 0.717) is 6.54 Å². The summed E-state index contributed by atoms with van der Waals surface area (Å²) in [5.41, 5.74) is 8.05. The van der Waals surface area contributed by atoms with Crippen molar-refractivity contribution in [2.24, 2.45) is 5.11 Å². The van der Waals surface area contributed by atoms with Gasteiger partial charge in [-0.3, -0.25) is 0 Å². The van der Waals surface area contributed by atoms with Gasteiger partial charge in [0.05, 0.1) is 0 Å². The fraction of sp³-hybridized carbons (Fsp3) is 0.833. The Balaban J connectivity index is 3.07. The molecule has 0 heterocycles. The molecule has 0 atom stereocenters. The van der Waals surface area contributed by atoms with E-state index in [2.05, 4.69) is 29.1 Å². The van der Waals surface area contributed by atoms with Crippen molar-refractivity contribution in [2.45, 2.75) is 58.3 Å². The van der Waals surface area contributed by atoms with Gasteiger partial charge < -0.3 is 0 Å². The fourth-order valence-corrected chi connectivity index (χ4v) is 1.41. The van der Waals surface area contributed by atoms with E-state index in [1.165, 1.54) is 32.1 Å². The van der Waals surface area contributed by atoms with Crippen LogP contribution < -0.4 is 0 Å². The van der Waals surface area contributed by atoms with E-state index in [4.69, 9.17) is 5.53 Å². The van der Waals surface area contributed by atoms with Crippen LogP contribution in [0.3, 0.4) is 0 Å². The summed E-state index contributed by atoms with van der Waals surface area (Å²) < 4.78 is 0. The molecule has 0 bridgehead atoms. The molecule has 15 heavy (non-hydrogen) atoms. The Bertz CT molecular complexity index is 193. The van der Waals surface area contributed by atoms with Crippen molar-refractivity contribution >= 4 is 0 Å². The molecule has 3 nitrogen and oxygen atoms in total. The van der Waals surface area contributed by atoms with Crippen molar-refractivity contribution in [3.63, 3.8) is 0 Å². The average molecular weight is 209 g/mol. The van der Waals surface area contributed by atoms with Crippen LogP contribution in [0.5, 0.6) is 0 Å². The van der Waals surface area contributed by atoms with Gasteiger partial charge >= 0.3 is 0 Å². The van der Waals surface area contributed by atoms with Crippen LogP contribution in [-0.4, -0.2) is 6.54 Å². The Labute approximate surface area is 93.2 Å². The third-order valence-electron chi connectivity index (χ3n) is 2.33. The zero-order valence-corrected chi connectivity index (χ0v) is 9.86. The molecule has 0 N–H and O–H groups in total. The van der Waals surface area contributed by atoms with Gasteiger partial charge in [0.25, 0.3) is 0 Å². The van der Waals surface area contributed by atoms with Crippen LogP contribution >= 0.6 is 0 Å². The van der Waals surface area contributed by atoms with Gasteiger partial charge in [-0.1, -0.05) is 43.5 Å². The summed E-state index contributed by atoms with van der Waals surface area (Å²) in [6, 6.07) is 0. The lowest BCUT2D eigenvalue weighted by Crippen LogP contribution is -1.78. The fourth-order valence-electron chi connectivity index (χ4n) is 1.41. The van der Waals surface area contributed by atoms with Crippen LogP contribution in [0.1, 0.15) is 58.3 Å². The van der Waals surface area contributed by atoms with E-state index in [0.717, 1.165) is 19.3 Å². The number of rotatable bonds is 10. The lowest BCUT2D eigenvalue weighted by Gasteiger charge is -1.94. The molecule has 0 amide bonds. The minimum absolute atomic E-state index is 0.640. The third-order valence-corrected chi connectivity index (χ3v) is 2.33. The zero-order chi connectivity index (χ0) is 11.2. The van der Waals surface area contributed by atoms with Gasteiger partial charge in [-0.05, 0) is 37.6 Å². The maximum atomic E-state index is 8.05. The molecule has 86 valence electrons. The SMILES string of the molecule is CCCCCC/C=C\CCCCN=[N+]=[N-]. The van der Waals surface area contributed by atoms with Crippen LogP contribution in [0.25, 0.3) is 10.4 Å². The molecule has 0 rings (SSSR count). The summed E-state index contributed by atoms with van der Waals surface area (Å²) in [4.78, 5) is 2.72. The first-order valence-corrected chi connectivity index (χ1v) is 6.07. The Morgan fingerprint density at radius 2 is 1.67 bits per heavy atom. The highest BCUT2D eigenvalue weighted by Crippen LogP contribution is 2.04. The van der Waals surface area contributed by atoms with Crippen LogP contribution in [0.15, 0.2) is 17.3 Å². The number of nitrogens with zero attached hydrogens (tertiary/aromatic N) is 3. The molecule has 0 fully saturated rings. The van der Waals surface area contributed by atoms with E-state index in [-0.39, 0.29) is 0 Å². The summed E-state index contributed by atoms with van der Waals surface area (Å²) in [7, 11) is 0. The molecule has 0 spiro atoms. The average Bonchev–Trinajstić information content (AvgIpc) is 2.26. The van der Waals surface area contributed by atoms with Crippen LogP contribution in [0, 0.1) is 0 Å². The Kier molecular flexibility index (Phi) is 12.2. The Hall–Kier alpha value is -0.950. The summed E-state index contributed by atoms with van der Waals surface area (Å²) >= 11 is 0. The maximum absolute atomic E-state index is 8.05. The molecular formula is C12H23N3. The van der Waals surface area contributed by atoms with Crippen molar-refractivity contribution < 1.29 is 0 Å². The Morgan fingerprint density at radius 3 is 2.27 bits per heavy atom. The minimum atomic E-state index is 0.640. The number of unbranched alkanes of at least 4 members (excludes halogenated alkanes) is 6. The van der Waals surface area contributed by atoms with Gasteiger partial charge in [0.2, 0.25) is 0 Å². The predicted molar refractivity (Wildman–Crippen MR) is 65.8 cm³/mol. The molecule has 0 aliphatic carbocycles. The van der Waals surface area contributed by atoms with E-state index in [1.54, 1.807) is 0 Å². The number of allylic oxidation sites excluding steroid dienone is 2. The topological polar surface area (TPSA) is 48.8 Å². The lowest BCUT2D eigenvalue weighted by atomic mass is 10.1. The standard InChI is InChI=1S/C12H23N3/c1-2-3-4-5-6-7-8-9-10-11-12-14-15-13/h7-8H,2-6,9-12H2,1H3/b8-7-. The smallest absolute Gasteiger partial charge is 0.0258 e. The second-order valence-electron chi connectivity index (χ2n) is 3.77. The predicted octanol–water partition coefficient (Wildman–Crippen LogP) is 4.99. The molecular weight excluding hydrogens is 186 g/mol. The van der Waals surface area contributed by atoms with Crippen molar-refractivity contribution in [1.82, 2.24) is 0 Å². The number of azide groups is 1. The molecule has 0 aromatic heterocycles. The van der Waals surface area contributed by atoms with Crippen LogP contribution in [0.2, 0.25) is 0 Å². The van der Waals surface area contributed by atoms with Gasteiger partial charge in [0.1, 0.15) is 0 Å². The maximum Gasteiger partial charge on any atom is 0.0258 e. The van der Waals surface area contributed by atoms with Gasteiger partial charge in [0, 0.05) is 11.5 Å². The molecule has 3 heteroatoms. The molecule has 0 aliphatic heterocycles. The van der Waals surface area contributed by atoms with Gasteiger partial charge in [-0.15, -0.1) is 0 Å². The van der Waals surface area contributed by atoms with Gasteiger partial charge in [-0.2, -0.15) is 0 Å². The molecule has 0 aromatic carbocycles. The third kappa shape index (κ3) is 13.1. The summed E-state index contributed by atoms with van der Waals surface area (Å²) in [5.74, 6) is 0. The highest BCUT2D eigenvalue weighted by molar-refractivity contribution is 4.81. The highest BCUT2D eigenvalue weighted by atomic mass is 15.1. The lowest BCUT2D eigenvalue weighted by molar-refractivity contribution is 0.673. The number of hydrogen-bond donors (Lipinski definition) is 0. The Morgan fingerprint density at radius 1 is 1.00 bits per heavy atom. The summed E-state index contributed by atoms with van der Waals surface area (Å²) in [5, 5.41) is 3.50. The van der Waals surface area contributed by atoms with E-state index in [9.17, 15) is 0 Å². The molecule has 0 unspecified atom stereocenters. The summed E-state index contributed by atoms with van der Waals surface area (Å²) in [6.07, 6.45) is 14.4. The molecule has 0 radical (unpaired) electrons. The van der Waals surface area contributed by atoms with E-state index >= 15 is 0 Å². The first-order valence-electron chi connectivity index (χ1n) is 6.07. The van der Waals surface area contributed by atoms with Crippen molar-refractivity contribution in [2.75, 3.05) is 6.54 Å². The minimum Gasteiger partial charge on any atom is -0.0940 e. The molecule has 0 aromatic rings. The highest BCUT2D eigenvalue weighted by Gasteiger charge is 1.85. The zero-order valence-electron chi connectivity index (χ0n) is 9.86. The monoisotopic (exact) mass is 209 g/mol. The number of hydrogen-bond acceptors (Lipinski definition) is 1. The van der Waals surface area contributed by atoms with Crippen LogP contribution in [-0.2, 0) is 0 Å². The van der Waals surface area contributed by atoms with Crippen molar-refractivity contribution in [1.29, 1.82) is 0 Å². The van der Waals surface area contributed by atoms with Gasteiger partial charge in [0.15, 0.2) is 0 Å². The normalized spacial score (nSPS) is 10.5. The second kappa shape index (κ2) is 13.1. The first-order chi connectivity index (χ1) is 7.41. The quantitative estimate of drug-likeness (QED) is 0.160. The van der Waals surface area contributed by atoms with Crippen molar-refractivity contribution in [3.8, 4) is 0 Å².